The summed E-state index contributed by atoms with van der Waals surface area (Å²) in [5.41, 5.74) is -8.53. The zero-order valence-electron chi connectivity index (χ0n) is 56.6. The van der Waals surface area contributed by atoms with Crippen LogP contribution in [-0.2, 0) is 71.3 Å². The molecule has 530 valence electrons. The van der Waals surface area contributed by atoms with Crippen molar-refractivity contribution in [2.45, 2.75) is 214 Å². The van der Waals surface area contributed by atoms with Crippen molar-refractivity contribution in [1.29, 1.82) is 0 Å². The van der Waals surface area contributed by atoms with Crippen LogP contribution in [0.15, 0.2) is 50.1 Å². The second-order valence-corrected chi connectivity index (χ2v) is 28.2. The first-order valence-electron chi connectivity index (χ1n) is 33.5. The van der Waals surface area contributed by atoms with E-state index in [-0.39, 0.29) is 50.5 Å². The van der Waals surface area contributed by atoms with E-state index in [9.17, 15) is 49.8 Å². The number of aliphatic hydroxyl groups excluding tert-OH is 4. The summed E-state index contributed by atoms with van der Waals surface area (Å²) in [6.07, 6.45) is -20.6. The molecule has 5 aliphatic carbocycles. The van der Waals surface area contributed by atoms with Crippen LogP contribution in [0.2, 0.25) is 0 Å². The molecule has 12 rings (SSSR count). The molecular formula is C69H90N4O24. The summed E-state index contributed by atoms with van der Waals surface area (Å²) in [7, 11) is 11.4. The number of benzene rings is 2. The molecule has 2 saturated carbocycles. The summed E-state index contributed by atoms with van der Waals surface area (Å²) >= 11 is 0. The zero-order chi connectivity index (χ0) is 70.2. The minimum Gasteiger partial charge on any atom is -0.506 e. The Bertz CT molecular complexity index is 3840. The number of phenols is 2. The highest BCUT2D eigenvalue weighted by Gasteiger charge is 2.75. The predicted octanol–water partition coefficient (Wildman–Crippen LogP) is 0.904. The van der Waals surface area contributed by atoms with Crippen LogP contribution in [0.25, 0.3) is 21.5 Å². The van der Waals surface area contributed by atoms with Gasteiger partial charge in [-0.05, 0) is 105 Å². The minimum absolute atomic E-state index is 0.131. The van der Waals surface area contributed by atoms with Crippen LogP contribution in [0.1, 0.15) is 109 Å². The van der Waals surface area contributed by atoms with Crippen molar-refractivity contribution in [3.8, 4) is 11.5 Å². The number of phenolic OH excluding ortho intramolecular Hbond substituents is 2. The summed E-state index contributed by atoms with van der Waals surface area (Å²) in [5.74, 6) is -9.81. The van der Waals surface area contributed by atoms with Gasteiger partial charge in [0.05, 0.1) is 107 Å². The molecule has 0 radical (unpaired) electrons. The third kappa shape index (κ3) is 11.0. The molecular weight excluding hydrogens is 1270 g/mol. The number of nitrogens with two attached hydrogens (primary N) is 1. The number of hydrogen-bond donors (Lipinski definition) is 7. The lowest BCUT2D eigenvalue weighted by molar-refractivity contribution is -0.359. The molecule has 6 fully saturated rings. The second kappa shape index (κ2) is 26.7. The average molecular weight is 1360 g/mol. The molecule has 4 saturated heterocycles. The first kappa shape index (κ1) is 71.1. The fourth-order valence-corrected chi connectivity index (χ4v) is 18.9. The summed E-state index contributed by atoms with van der Waals surface area (Å²) < 4.78 is 74.9. The third-order valence-electron chi connectivity index (χ3n) is 23.0. The van der Waals surface area contributed by atoms with E-state index in [1.165, 1.54) is 21.3 Å². The largest absolute Gasteiger partial charge is 0.506 e. The van der Waals surface area contributed by atoms with Crippen molar-refractivity contribution in [2.24, 2.45) is 46.5 Å². The van der Waals surface area contributed by atoms with Crippen LogP contribution >= 0.6 is 0 Å². The first-order chi connectivity index (χ1) is 46.0. The molecule has 28 heteroatoms. The van der Waals surface area contributed by atoms with Gasteiger partial charge in [0.2, 0.25) is 0 Å². The number of rotatable bonds is 16. The second-order valence-electron chi connectivity index (χ2n) is 28.2. The number of aromatic hydroxyl groups is 2. The van der Waals surface area contributed by atoms with Crippen molar-refractivity contribution in [2.75, 3.05) is 49.5 Å². The molecule has 4 heterocycles. The third-order valence-corrected chi connectivity index (χ3v) is 23.0. The Morgan fingerprint density at radius 1 is 0.608 bits per heavy atom. The molecule has 0 amide bonds. The monoisotopic (exact) mass is 1360 g/mol. The van der Waals surface area contributed by atoms with Crippen LogP contribution < -0.4 is 22.1 Å². The normalized spacial score (nSPS) is 41.9. The number of ether oxygens (including phenoxy) is 11. The van der Waals surface area contributed by atoms with Gasteiger partial charge in [-0.3, -0.25) is 33.6 Å². The quantitative estimate of drug-likeness (QED) is 0.0344. The van der Waals surface area contributed by atoms with Crippen molar-refractivity contribution in [3.05, 3.63) is 72.4 Å². The van der Waals surface area contributed by atoms with E-state index in [0.717, 1.165) is 24.3 Å². The Hall–Kier alpha value is -5.74. The van der Waals surface area contributed by atoms with E-state index in [4.69, 9.17) is 57.9 Å². The average Bonchev–Trinajstić information content (AvgIpc) is 1.61. The number of ketones is 5. The van der Waals surface area contributed by atoms with Gasteiger partial charge in [-0.2, -0.15) is 5.10 Å². The maximum atomic E-state index is 17.9. The van der Waals surface area contributed by atoms with Gasteiger partial charge in [-0.15, -0.1) is 0 Å². The van der Waals surface area contributed by atoms with Gasteiger partial charge in [-0.1, -0.05) is 13.8 Å². The SMILES string of the molecule is CC[C@@]1(O[C@@H]2C[C@@H](OC)[C@H](OC)[C@@H](C)O2)[C@H](O[C@@H]2C[C@H](O)[C@@H](N(C)C)[C@H](C)O2)c2c(c3c(O)c4c(=O)ccc(=O)c4c(O)c3c2=NN)C(=O)[C@@H]1[C@H]1C(=O)C2C3C(O)C4=C(C(=O)C=CC4=O)C(=O)C3CC2[C@@H](O[C@@H]2C[C@H](O)[C@@H](N(C)C)[C@H](C)O2)[C@@]1(CC)O[C@@H]1C[C@@H](OC)[C@H](O)[C@@H](C)O1. The fraction of sp³-hybridized carbons (Fsp3) is 0.681. The van der Waals surface area contributed by atoms with E-state index in [0.29, 0.717) is 0 Å². The number of fused-ring (bicyclic) bond motifs is 7. The smallest absolute Gasteiger partial charge is 0.190 e. The highest BCUT2D eigenvalue weighted by molar-refractivity contribution is 6.34. The van der Waals surface area contributed by atoms with Crippen LogP contribution in [0, 0.1) is 35.5 Å². The number of aliphatic hydroxyl groups is 4. The molecule has 4 aliphatic heterocycles. The molecule has 3 aromatic rings. The maximum Gasteiger partial charge on any atom is 0.190 e. The number of carbonyl (C=O) groups excluding carboxylic acids is 5. The summed E-state index contributed by atoms with van der Waals surface area (Å²) in [4.78, 5) is 111. The summed E-state index contributed by atoms with van der Waals surface area (Å²) in [6, 6.07) is 0.608. The Labute approximate surface area is 559 Å². The Morgan fingerprint density at radius 3 is 1.67 bits per heavy atom. The fourth-order valence-electron chi connectivity index (χ4n) is 18.9. The number of methoxy groups -OCH3 is 3. The van der Waals surface area contributed by atoms with Crippen LogP contribution in [0.5, 0.6) is 11.5 Å². The van der Waals surface area contributed by atoms with Gasteiger partial charge in [0.15, 0.2) is 59.2 Å². The number of likely N-dealkylation sites (N-methyl/N-ethyl adjacent to an activating group) is 2. The lowest BCUT2D eigenvalue weighted by atomic mass is 9.51. The molecule has 0 spiro atoms. The van der Waals surface area contributed by atoms with E-state index in [1.54, 1.807) is 79.5 Å². The molecule has 3 aromatic carbocycles. The van der Waals surface area contributed by atoms with E-state index >= 15 is 14.4 Å². The Balaban J connectivity index is 1.20. The number of nitrogens with zero attached hydrogens (tertiary/aromatic N) is 3. The molecule has 5 unspecified atom stereocenters. The van der Waals surface area contributed by atoms with Crippen molar-refractivity contribution in [3.63, 3.8) is 0 Å². The van der Waals surface area contributed by atoms with Gasteiger partial charge < -0.3 is 98.4 Å². The molecule has 8 N–H and O–H groups in total. The molecule has 27 atom stereocenters. The highest BCUT2D eigenvalue weighted by Crippen LogP contribution is 2.65. The van der Waals surface area contributed by atoms with Crippen LogP contribution in [0.3, 0.4) is 0 Å². The first-order valence-corrected chi connectivity index (χ1v) is 33.5. The van der Waals surface area contributed by atoms with E-state index < -0.39 is 258 Å². The number of Topliss-reactive ketones (excluding diaryl/α,β-unsaturated/α-hetero) is 3. The lowest BCUT2D eigenvalue weighted by Gasteiger charge is -2.60. The maximum absolute atomic E-state index is 17.9. The van der Waals surface area contributed by atoms with E-state index in [2.05, 4.69) is 5.10 Å². The standard InChI is InChI=1S/C69H90N4O24/c1-14-68(96-41-23-37(87-11)58(80)27(5)92-41)53(63(85)44-30(66(68)94-39-21-35(78)56(72(7)8)25(3)90-39)20-29-43(44)60(82)46-32(75)17-16-31(74)45(46)59(29)81)54-64(86)50-49-51(62(84)48-34(77)19-18-33(76)47(48)61(49)83)55(71-70)52(50)67(95-40-22-36(79)57(73(9)10)26(4)91-40)69(54,15-2)97-42-24-38(88-12)65(89-13)28(6)93-42/h16-19,25-30,35-44,53-54,56-58,60,65-67,78-80,82-84H,14-15,20-24,70H2,1-13H3/t25-,26-,27+,28+,29?,30?,35-,36-,37+,38+,39+,40+,41+,42+,43?,44?,53-,54-,56-,57-,58+,60?,65+,66+,67+,68-,69-/m0/s1. The predicted molar refractivity (Wildman–Crippen MR) is 340 cm³/mol. The summed E-state index contributed by atoms with van der Waals surface area (Å²) in [5, 5.41) is 75.8. The number of allylic oxidation sites excluding steroid dienone is 3. The van der Waals surface area contributed by atoms with Gasteiger partial charge in [0.1, 0.15) is 52.2 Å². The van der Waals surface area contributed by atoms with Crippen molar-refractivity contribution < 1.29 is 107 Å². The Morgan fingerprint density at radius 2 is 1.13 bits per heavy atom. The number of carbonyl (C=O) groups is 5. The molecule has 0 aromatic heterocycles. The highest BCUT2D eigenvalue weighted by atomic mass is 16.7. The molecule has 9 aliphatic rings. The summed E-state index contributed by atoms with van der Waals surface area (Å²) in [6.45, 7) is 10.0. The zero-order valence-corrected chi connectivity index (χ0v) is 56.6. The van der Waals surface area contributed by atoms with Crippen LogP contribution in [0.4, 0.5) is 0 Å². The molecule has 28 nitrogen and oxygen atoms in total. The van der Waals surface area contributed by atoms with Gasteiger partial charge in [-0.25, -0.2) is 0 Å². The van der Waals surface area contributed by atoms with Crippen LogP contribution in [-0.4, -0.2) is 241 Å². The molecule has 0 bridgehead atoms. The van der Waals surface area contributed by atoms with E-state index in [1.807, 2.05) is 0 Å². The van der Waals surface area contributed by atoms with Crippen molar-refractivity contribution in [1.82, 2.24) is 9.80 Å². The van der Waals surface area contributed by atoms with Gasteiger partial charge in [0.25, 0.3) is 0 Å². The molecule has 97 heavy (non-hydrogen) atoms. The van der Waals surface area contributed by atoms with Gasteiger partial charge >= 0.3 is 0 Å². The Kier molecular flexibility index (Phi) is 19.5. The number of hydrogen-bond acceptors (Lipinski definition) is 28. The minimum atomic E-state index is -2.45. The topological polar surface area (TPSA) is 387 Å². The van der Waals surface area contributed by atoms with Crippen molar-refractivity contribution >= 4 is 50.5 Å². The van der Waals surface area contributed by atoms with Gasteiger partial charge in [0, 0.05) is 86.9 Å². The lowest BCUT2D eigenvalue weighted by Crippen LogP contribution is -2.72.